The number of aromatic nitrogens is 3. The zero-order valence-corrected chi connectivity index (χ0v) is 21.0. The molecule has 0 saturated heterocycles. The lowest BCUT2D eigenvalue weighted by molar-refractivity contribution is 0.0730. The van der Waals surface area contributed by atoms with Crippen LogP contribution in [0.15, 0.2) is 59.5 Å². The Morgan fingerprint density at radius 2 is 1.89 bits per heavy atom. The van der Waals surface area contributed by atoms with Crippen LogP contribution in [0.4, 0.5) is 5.69 Å². The van der Waals surface area contributed by atoms with Crippen molar-refractivity contribution < 1.29 is 4.79 Å². The van der Waals surface area contributed by atoms with Crippen LogP contribution in [0, 0.1) is 5.92 Å². The Bertz CT molecular complexity index is 1480. The minimum atomic E-state index is -0.167. The topological polar surface area (TPSA) is 71.6 Å². The Kier molecular flexibility index (Phi) is 6.30. The minimum Gasteiger partial charge on any atom is -0.380 e. The summed E-state index contributed by atoms with van der Waals surface area (Å²) in [4.78, 5) is 28.8. The van der Waals surface area contributed by atoms with E-state index in [1.54, 1.807) is 38.4 Å². The first kappa shape index (κ1) is 23.5. The summed E-state index contributed by atoms with van der Waals surface area (Å²) >= 11 is 12.2. The van der Waals surface area contributed by atoms with E-state index in [9.17, 15) is 9.59 Å². The van der Waals surface area contributed by atoms with Crippen LogP contribution in [-0.2, 0) is 13.0 Å². The van der Waals surface area contributed by atoms with Crippen molar-refractivity contribution in [3.8, 4) is 5.69 Å². The maximum Gasteiger partial charge on any atom is 0.261 e. The standard InChI is InChI=1S/C26H25Cl2N5O2/c1-16(2)13-29-22-14-30-33-23-15-31(25(34)17-8-9-20(27)21(28)12-17)11-10-19(23)26(35)32(24(22)33)18-6-4-3-5-7-18/h3-9,12,14,16,29H,10-11,13,15H2,1-2H3. The molecule has 2 aromatic heterocycles. The third-order valence-electron chi connectivity index (χ3n) is 6.16. The Morgan fingerprint density at radius 3 is 2.60 bits per heavy atom. The molecular weight excluding hydrogens is 485 g/mol. The number of carbonyl (C=O) groups excluding carboxylic acids is 1. The van der Waals surface area contributed by atoms with Gasteiger partial charge in [0.05, 0.1) is 39.9 Å². The van der Waals surface area contributed by atoms with Crippen LogP contribution in [0.5, 0.6) is 0 Å². The summed E-state index contributed by atoms with van der Waals surface area (Å²) in [7, 11) is 0. The van der Waals surface area contributed by atoms with Gasteiger partial charge in [-0.25, -0.2) is 4.52 Å². The quantitative estimate of drug-likeness (QED) is 0.408. The second-order valence-corrected chi connectivity index (χ2v) is 9.89. The number of anilines is 1. The van der Waals surface area contributed by atoms with Gasteiger partial charge in [-0.1, -0.05) is 55.2 Å². The van der Waals surface area contributed by atoms with E-state index in [-0.39, 0.29) is 18.0 Å². The number of nitrogens with one attached hydrogen (secondary N) is 1. The summed E-state index contributed by atoms with van der Waals surface area (Å²) in [6.07, 6.45) is 2.18. The monoisotopic (exact) mass is 509 g/mol. The smallest absolute Gasteiger partial charge is 0.261 e. The predicted octanol–water partition coefficient (Wildman–Crippen LogP) is 5.06. The Morgan fingerprint density at radius 1 is 1.11 bits per heavy atom. The Labute approximate surface area is 212 Å². The maximum absolute atomic E-state index is 13.8. The zero-order valence-electron chi connectivity index (χ0n) is 19.5. The minimum absolute atomic E-state index is 0.0894. The molecule has 0 bridgehead atoms. The summed E-state index contributed by atoms with van der Waals surface area (Å²) in [6, 6.07) is 14.4. The largest absolute Gasteiger partial charge is 0.380 e. The highest BCUT2D eigenvalue weighted by atomic mass is 35.5. The predicted molar refractivity (Wildman–Crippen MR) is 139 cm³/mol. The lowest BCUT2D eigenvalue weighted by atomic mass is 10.0. The molecule has 9 heteroatoms. The van der Waals surface area contributed by atoms with Gasteiger partial charge in [0.25, 0.3) is 11.5 Å². The maximum atomic E-state index is 13.8. The van der Waals surface area contributed by atoms with Gasteiger partial charge >= 0.3 is 0 Å². The van der Waals surface area contributed by atoms with Gasteiger partial charge in [0.2, 0.25) is 0 Å². The van der Waals surface area contributed by atoms with Gasteiger partial charge < -0.3 is 10.2 Å². The van der Waals surface area contributed by atoms with E-state index in [0.29, 0.717) is 45.7 Å². The van der Waals surface area contributed by atoms with Crippen LogP contribution in [0.3, 0.4) is 0 Å². The van der Waals surface area contributed by atoms with Crippen LogP contribution < -0.4 is 10.9 Å². The summed E-state index contributed by atoms with van der Waals surface area (Å²) in [5.74, 6) is 0.249. The molecule has 180 valence electrons. The lowest BCUT2D eigenvalue weighted by Gasteiger charge is -2.29. The van der Waals surface area contributed by atoms with Crippen LogP contribution >= 0.6 is 23.2 Å². The first-order valence-electron chi connectivity index (χ1n) is 11.5. The fraction of sp³-hybridized carbons (Fsp3) is 0.269. The molecule has 0 fully saturated rings. The number of carbonyl (C=O) groups is 1. The van der Waals surface area contributed by atoms with Crippen molar-refractivity contribution in [3.05, 3.63) is 91.9 Å². The number of nitrogens with zero attached hydrogens (tertiary/aromatic N) is 4. The molecule has 0 radical (unpaired) electrons. The number of amides is 1. The third-order valence-corrected chi connectivity index (χ3v) is 6.90. The van der Waals surface area contributed by atoms with Crippen molar-refractivity contribution in [3.63, 3.8) is 0 Å². The summed E-state index contributed by atoms with van der Waals surface area (Å²) in [6.45, 7) is 5.67. The number of benzene rings is 2. The number of hydrogen-bond donors (Lipinski definition) is 1. The van der Waals surface area contributed by atoms with Crippen LogP contribution in [0.25, 0.3) is 11.3 Å². The first-order chi connectivity index (χ1) is 16.8. The lowest BCUT2D eigenvalue weighted by Crippen LogP contribution is -2.41. The number of rotatable bonds is 5. The van der Waals surface area contributed by atoms with Crippen molar-refractivity contribution in [2.75, 3.05) is 18.4 Å². The van der Waals surface area contributed by atoms with Gasteiger partial charge in [-0.2, -0.15) is 5.10 Å². The fourth-order valence-corrected chi connectivity index (χ4v) is 4.70. The second kappa shape index (κ2) is 9.40. The average Bonchev–Trinajstić information content (AvgIpc) is 3.28. The van der Waals surface area contributed by atoms with E-state index in [1.165, 1.54) is 0 Å². The molecule has 5 rings (SSSR count). The van der Waals surface area contributed by atoms with Gasteiger partial charge in [-0.15, -0.1) is 0 Å². The first-order valence-corrected chi connectivity index (χ1v) is 12.3. The summed E-state index contributed by atoms with van der Waals surface area (Å²) in [5, 5.41) is 8.81. The summed E-state index contributed by atoms with van der Waals surface area (Å²) < 4.78 is 3.51. The molecule has 1 aliphatic rings. The van der Waals surface area contributed by atoms with E-state index in [2.05, 4.69) is 24.3 Å². The van der Waals surface area contributed by atoms with E-state index >= 15 is 0 Å². The van der Waals surface area contributed by atoms with E-state index in [0.717, 1.165) is 23.6 Å². The van der Waals surface area contributed by atoms with Gasteiger partial charge in [0, 0.05) is 24.2 Å². The normalized spacial score (nSPS) is 13.3. The van der Waals surface area contributed by atoms with E-state index in [4.69, 9.17) is 23.2 Å². The van der Waals surface area contributed by atoms with Crippen molar-refractivity contribution in [1.29, 1.82) is 0 Å². The molecule has 1 aliphatic heterocycles. The molecule has 0 saturated carbocycles. The van der Waals surface area contributed by atoms with Crippen molar-refractivity contribution >= 4 is 40.4 Å². The molecule has 0 aliphatic carbocycles. The Hall–Kier alpha value is -3.29. The molecule has 0 spiro atoms. The number of hydrogen-bond acceptors (Lipinski definition) is 4. The number of para-hydroxylation sites is 1. The van der Waals surface area contributed by atoms with Crippen molar-refractivity contribution in [1.82, 2.24) is 19.1 Å². The Balaban J connectivity index is 1.62. The van der Waals surface area contributed by atoms with Gasteiger partial charge in [-0.3, -0.25) is 14.2 Å². The number of halogens is 2. The highest BCUT2D eigenvalue weighted by Gasteiger charge is 2.29. The molecule has 3 heterocycles. The van der Waals surface area contributed by atoms with E-state index in [1.807, 2.05) is 30.3 Å². The molecule has 1 amide bonds. The van der Waals surface area contributed by atoms with Gasteiger partial charge in [0.15, 0.2) is 5.65 Å². The molecule has 35 heavy (non-hydrogen) atoms. The average molecular weight is 510 g/mol. The van der Waals surface area contributed by atoms with E-state index < -0.39 is 0 Å². The van der Waals surface area contributed by atoms with Gasteiger partial charge in [0.1, 0.15) is 0 Å². The number of fused-ring (bicyclic) bond motifs is 3. The second-order valence-electron chi connectivity index (χ2n) is 9.08. The third kappa shape index (κ3) is 4.30. The highest BCUT2D eigenvalue weighted by molar-refractivity contribution is 6.42. The zero-order chi connectivity index (χ0) is 24.7. The fourth-order valence-electron chi connectivity index (χ4n) is 4.40. The molecule has 0 atom stereocenters. The molecular formula is C26H25Cl2N5O2. The van der Waals surface area contributed by atoms with Crippen LogP contribution in [0.1, 0.15) is 35.5 Å². The van der Waals surface area contributed by atoms with Crippen molar-refractivity contribution in [2.24, 2.45) is 5.92 Å². The van der Waals surface area contributed by atoms with Gasteiger partial charge in [-0.05, 0) is 42.7 Å². The molecule has 0 unspecified atom stereocenters. The highest BCUT2D eigenvalue weighted by Crippen LogP contribution is 2.27. The molecule has 4 aromatic rings. The van der Waals surface area contributed by atoms with Crippen molar-refractivity contribution in [2.45, 2.75) is 26.8 Å². The molecule has 7 nitrogen and oxygen atoms in total. The molecule has 1 N–H and O–H groups in total. The van der Waals surface area contributed by atoms with Crippen LogP contribution in [-0.4, -0.2) is 38.1 Å². The molecule has 2 aromatic carbocycles. The summed E-state index contributed by atoms with van der Waals surface area (Å²) in [5.41, 5.74) is 3.95. The van der Waals surface area contributed by atoms with Crippen LogP contribution in [0.2, 0.25) is 10.0 Å². The SMILES string of the molecule is CC(C)CNc1cnn2c3c(c(=O)n(-c4ccccc4)c12)CCN(C(=O)c1ccc(Cl)c(Cl)c1)C3.